The molecule has 0 aliphatic rings. The maximum atomic E-state index is 12.4. The summed E-state index contributed by atoms with van der Waals surface area (Å²) in [6.07, 6.45) is 1.63. The maximum Gasteiger partial charge on any atom is 0.232 e. The van der Waals surface area contributed by atoms with Crippen molar-refractivity contribution in [1.82, 2.24) is 10.2 Å². The van der Waals surface area contributed by atoms with Crippen molar-refractivity contribution in [3.05, 3.63) is 60.2 Å². The van der Waals surface area contributed by atoms with Crippen molar-refractivity contribution in [3.8, 4) is 5.75 Å². The molecule has 0 unspecified atom stereocenters. The minimum absolute atomic E-state index is 0.148. The summed E-state index contributed by atoms with van der Waals surface area (Å²) in [7, 11) is -3.54. The summed E-state index contributed by atoms with van der Waals surface area (Å²) in [5.74, 6) is 1.02. The van der Waals surface area contributed by atoms with Crippen molar-refractivity contribution in [1.29, 1.82) is 0 Å². The molecule has 0 saturated heterocycles. The van der Waals surface area contributed by atoms with Gasteiger partial charge in [-0.15, -0.1) is 10.2 Å². The Morgan fingerprint density at radius 2 is 1.85 bits per heavy atom. The van der Waals surface area contributed by atoms with Gasteiger partial charge < -0.3 is 10.1 Å². The van der Waals surface area contributed by atoms with Crippen molar-refractivity contribution in [2.45, 2.75) is 29.9 Å². The number of hydrogen-bond acceptors (Lipinski definition) is 8. The first-order chi connectivity index (χ1) is 15.9. The number of nitrogens with one attached hydrogen (secondary N) is 1. The molecule has 0 atom stereocenters. The van der Waals surface area contributed by atoms with Gasteiger partial charge in [0.2, 0.25) is 21.1 Å². The van der Waals surface area contributed by atoms with Crippen molar-refractivity contribution < 1.29 is 17.9 Å². The van der Waals surface area contributed by atoms with Crippen LogP contribution in [0.1, 0.15) is 25.3 Å². The van der Waals surface area contributed by atoms with E-state index in [1.807, 2.05) is 37.3 Å². The monoisotopic (exact) mass is 506 g/mol. The minimum Gasteiger partial charge on any atom is -0.492 e. The van der Waals surface area contributed by atoms with Gasteiger partial charge in [0.1, 0.15) is 5.75 Å². The molecule has 0 bridgehead atoms. The minimum atomic E-state index is -3.54. The fourth-order valence-corrected chi connectivity index (χ4v) is 5.70. The molecule has 3 rings (SSSR count). The lowest BCUT2D eigenvalue weighted by molar-refractivity contribution is -0.116. The molecule has 176 valence electrons. The lowest BCUT2D eigenvalue weighted by atomic mass is 10.2. The molecule has 1 amide bonds. The number of thioether (sulfide) groups is 1. The third kappa shape index (κ3) is 7.72. The maximum absolute atomic E-state index is 12.4. The Hall–Kier alpha value is -2.63. The molecular formula is C22H26N4O4S3. The van der Waals surface area contributed by atoms with Gasteiger partial charge in [-0.25, -0.2) is 8.42 Å². The van der Waals surface area contributed by atoms with E-state index < -0.39 is 10.0 Å². The molecule has 1 N–H and O–H groups in total. The topological polar surface area (TPSA) is 101 Å². The summed E-state index contributed by atoms with van der Waals surface area (Å²) < 4.78 is 32.4. The Kier molecular flexibility index (Phi) is 9.10. The van der Waals surface area contributed by atoms with Gasteiger partial charge in [-0.05, 0) is 31.0 Å². The number of amides is 1. The number of carbonyl (C=O) groups is 1. The Bertz CT molecular complexity index is 1150. The Balaban J connectivity index is 1.52. The van der Waals surface area contributed by atoms with Gasteiger partial charge in [0.15, 0.2) is 4.34 Å². The number of anilines is 2. The third-order valence-corrected chi connectivity index (χ3v) is 7.68. The third-order valence-electron chi connectivity index (χ3n) is 4.46. The SMILES string of the molecule is CCOc1ccccc1N(CCCC(=O)Nc1nnc(SCc2ccccc2)s1)S(C)(=O)=O. The molecule has 33 heavy (non-hydrogen) atoms. The highest BCUT2D eigenvalue weighted by Gasteiger charge is 2.21. The molecule has 3 aromatic rings. The number of aromatic nitrogens is 2. The predicted molar refractivity (Wildman–Crippen MR) is 134 cm³/mol. The number of benzene rings is 2. The molecule has 0 radical (unpaired) electrons. The second-order valence-electron chi connectivity index (χ2n) is 7.03. The standard InChI is InChI=1S/C22H26N4O4S3/c1-3-30-19-13-8-7-12-18(19)26(33(2,28)29)15-9-14-20(27)23-21-24-25-22(32-21)31-16-17-10-5-4-6-11-17/h4-8,10-13H,3,9,14-16H2,1-2H3,(H,23,24,27). The van der Waals surface area contributed by atoms with Crippen LogP contribution < -0.4 is 14.4 Å². The second-order valence-corrected chi connectivity index (χ2v) is 11.1. The van der Waals surface area contributed by atoms with Gasteiger partial charge in [0, 0.05) is 18.7 Å². The summed E-state index contributed by atoms with van der Waals surface area (Å²) in [6, 6.07) is 17.0. The Labute approximate surface area is 202 Å². The zero-order valence-electron chi connectivity index (χ0n) is 18.4. The number of rotatable bonds is 12. The number of sulfonamides is 1. The van der Waals surface area contributed by atoms with E-state index in [0.717, 1.165) is 16.3 Å². The molecule has 0 spiro atoms. The van der Waals surface area contributed by atoms with Crippen LogP contribution in [0.15, 0.2) is 58.9 Å². The molecule has 2 aromatic carbocycles. The van der Waals surface area contributed by atoms with Crippen LogP contribution in [0.2, 0.25) is 0 Å². The molecule has 11 heteroatoms. The number of carbonyl (C=O) groups excluding carboxylic acids is 1. The average molecular weight is 507 g/mol. The Morgan fingerprint density at radius 3 is 2.58 bits per heavy atom. The molecule has 0 saturated carbocycles. The zero-order chi connectivity index (χ0) is 23.7. The van der Waals surface area contributed by atoms with Crippen LogP contribution >= 0.6 is 23.1 Å². The fraction of sp³-hybridized carbons (Fsp3) is 0.318. The van der Waals surface area contributed by atoms with E-state index in [-0.39, 0.29) is 18.9 Å². The van der Waals surface area contributed by atoms with E-state index in [1.165, 1.54) is 21.2 Å². The van der Waals surface area contributed by atoms with E-state index >= 15 is 0 Å². The summed E-state index contributed by atoms with van der Waals surface area (Å²) >= 11 is 2.87. The molecule has 8 nitrogen and oxygen atoms in total. The second kappa shape index (κ2) is 12.0. The fourth-order valence-electron chi connectivity index (χ4n) is 3.01. The highest BCUT2D eigenvalue weighted by Crippen LogP contribution is 2.30. The van der Waals surface area contributed by atoms with Gasteiger partial charge in [0.05, 0.1) is 18.6 Å². The number of hydrogen-bond donors (Lipinski definition) is 1. The van der Waals surface area contributed by atoms with Gasteiger partial charge in [0.25, 0.3) is 0 Å². The van der Waals surface area contributed by atoms with Gasteiger partial charge in [-0.2, -0.15) is 0 Å². The molecule has 0 fully saturated rings. The van der Waals surface area contributed by atoms with E-state index in [4.69, 9.17) is 4.74 Å². The summed E-state index contributed by atoms with van der Waals surface area (Å²) in [6.45, 7) is 2.42. The average Bonchev–Trinajstić information content (AvgIpc) is 3.23. The molecule has 0 aliphatic heterocycles. The van der Waals surface area contributed by atoms with E-state index in [2.05, 4.69) is 15.5 Å². The highest BCUT2D eigenvalue weighted by atomic mass is 32.2. The van der Waals surface area contributed by atoms with E-state index in [1.54, 1.807) is 36.0 Å². The predicted octanol–water partition coefficient (Wildman–Crippen LogP) is 4.41. The van der Waals surface area contributed by atoms with Crippen molar-refractivity contribution in [3.63, 3.8) is 0 Å². The van der Waals surface area contributed by atoms with Crippen LogP contribution in [-0.4, -0.2) is 43.9 Å². The summed E-state index contributed by atoms with van der Waals surface area (Å²) in [5, 5.41) is 11.3. The number of ether oxygens (including phenoxy) is 1. The Morgan fingerprint density at radius 1 is 1.12 bits per heavy atom. The van der Waals surface area contributed by atoms with E-state index in [9.17, 15) is 13.2 Å². The van der Waals surface area contributed by atoms with Crippen molar-refractivity contribution in [2.24, 2.45) is 0 Å². The van der Waals surface area contributed by atoms with Crippen LogP contribution in [0.25, 0.3) is 0 Å². The number of nitrogens with zero attached hydrogens (tertiary/aromatic N) is 3. The van der Waals surface area contributed by atoms with Crippen LogP contribution in [0.5, 0.6) is 5.75 Å². The zero-order valence-corrected chi connectivity index (χ0v) is 20.9. The molecule has 1 heterocycles. The van der Waals surface area contributed by atoms with Gasteiger partial charge >= 0.3 is 0 Å². The molecular weight excluding hydrogens is 480 g/mol. The van der Waals surface area contributed by atoms with Gasteiger partial charge in [-0.1, -0.05) is 65.6 Å². The smallest absolute Gasteiger partial charge is 0.232 e. The lowest BCUT2D eigenvalue weighted by Gasteiger charge is -2.24. The first kappa shape index (κ1) is 25.0. The molecule has 1 aromatic heterocycles. The largest absolute Gasteiger partial charge is 0.492 e. The van der Waals surface area contributed by atoms with Crippen LogP contribution in [-0.2, 0) is 20.6 Å². The number of para-hydroxylation sites is 2. The summed E-state index contributed by atoms with van der Waals surface area (Å²) in [5.41, 5.74) is 1.65. The normalized spacial score (nSPS) is 11.2. The van der Waals surface area contributed by atoms with Crippen LogP contribution in [0, 0.1) is 0 Å². The summed E-state index contributed by atoms with van der Waals surface area (Å²) in [4.78, 5) is 12.4. The first-order valence-electron chi connectivity index (χ1n) is 10.4. The van der Waals surface area contributed by atoms with Gasteiger partial charge in [-0.3, -0.25) is 9.10 Å². The van der Waals surface area contributed by atoms with E-state index in [0.29, 0.717) is 29.6 Å². The highest BCUT2D eigenvalue weighted by molar-refractivity contribution is 8.00. The molecule has 0 aliphatic carbocycles. The van der Waals surface area contributed by atoms with Crippen LogP contribution in [0.4, 0.5) is 10.8 Å². The first-order valence-corrected chi connectivity index (χ1v) is 14.0. The van der Waals surface area contributed by atoms with Crippen molar-refractivity contribution in [2.75, 3.05) is 29.0 Å². The van der Waals surface area contributed by atoms with Crippen LogP contribution in [0.3, 0.4) is 0 Å². The van der Waals surface area contributed by atoms with Crippen molar-refractivity contribution >= 4 is 49.8 Å². The quantitative estimate of drug-likeness (QED) is 0.287. The lowest BCUT2D eigenvalue weighted by Crippen LogP contribution is -2.31.